The highest BCUT2D eigenvalue weighted by Crippen LogP contribution is 2.29. The number of anilines is 3. The second-order valence-corrected chi connectivity index (χ2v) is 12.7. The van der Waals surface area contributed by atoms with Crippen LogP contribution < -0.4 is 26.3 Å². The molecular formula is C34H42ClF3N11O6+. The number of rotatable bonds is 9. The fraction of sp³-hybridized carbons (Fsp3) is 0.412. The number of aryl methyl sites for hydroxylation is 2. The van der Waals surface area contributed by atoms with Crippen molar-refractivity contribution in [3.63, 3.8) is 0 Å². The minimum atomic E-state index is -4.85. The van der Waals surface area contributed by atoms with E-state index in [0.29, 0.717) is 57.5 Å². The SMILES string of the molecule is CCC[n+]1c(CNC(=O)c2nc(Cl)c(N)nc2N)n(CC)c2cc(C(=O)N3CCN(C(=O)c4cncc(O)c4)CC3)c(N(C)C)cc21.COC(=O)C(F)(F)F. The van der Waals surface area contributed by atoms with Crippen molar-refractivity contribution in [2.45, 2.75) is 46.1 Å². The number of aromatic hydroxyl groups is 1. The number of hydrogen-bond acceptors (Lipinski definition) is 12. The quantitative estimate of drug-likeness (QED) is 0.142. The Kier molecular flexibility index (Phi) is 13.3. The highest BCUT2D eigenvalue weighted by molar-refractivity contribution is 6.31. The first-order chi connectivity index (χ1) is 25.9. The first-order valence-corrected chi connectivity index (χ1v) is 17.3. The second-order valence-electron chi connectivity index (χ2n) is 12.4. The summed E-state index contributed by atoms with van der Waals surface area (Å²) in [5.41, 5.74) is 14.8. The number of carbonyl (C=O) groups excluding carboxylic acids is 4. The van der Waals surface area contributed by atoms with Crippen LogP contribution in [0.5, 0.6) is 5.75 Å². The van der Waals surface area contributed by atoms with Gasteiger partial charge in [0, 0.05) is 58.6 Å². The number of piperazine rings is 1. The molecule has 4 heterocycles. The molecule has 1 fully saturated rings. The summed E-state index contributed by atoms with van der Waals surface area (Å²) >= 11 is 6.00. The molecule has 1 aliphatic rings. The number of alkyl halides is 3. The van der Waals surface area contributed by atoms with Crippen molar-refractivity contribution in [1.29, 1.82) is 0 Å². The van der Waals surface area contributed by atoms with E-state index in [0.717, 1.165) is 29.0 Å². The van der Waals surface area contributed by atoms with Crippen molar-refractivity contribution in [1.82, 2.24) is 34.6 Å². The molecule has 1 saturated heterocycles. The molecule has 1 aromatic carbocycles. The van der Waals surface area contributed by atoms with Gasteiger partial charge < -0.3 is 41.3 Å². The number of pyridine rings is 1. The van der Waals surface area contributed by atoms with Gasteiger partial charge in [0.25, 0.3) is 23.5 Å². The first-order valence-electron chi connectivity index (χ1n) is 16.9. The largest absolute Gasteiger partial charge is 0.506 e. The second kappa shape index (κ2) is 17.5. The third kappa shape index (κ3) is 9.42. The number of fused-ring (bicyclic) bond motifs is 1. The average molecular weight is 793 g/mol. The van der Waals surface area contributed by atoms with E-state index in [9.17, 15) is 37.5 Å². The van der Waals surface area contributed by atoms with Crippen molar-refractivity contribution in [2.75, 3.05) is 63.8 Å². The van der Waals surface area contributed by atoms with Gasteiger partial charge in [0.15, 0.2) is 33.5 Å². The van der Waals surface area contributed by atoms with Gasteiger partial charge in [-0.3, -0.25) is 19.4 Å². The Morgan fingerprint density at radius 1 is 1.00 bits per heavy atom. The lowest BCUT2D eigenvalue weighted by molar-refractivity contribution is -0.680. The minimum absolute atomic E-state index is 0.0593. The lowest BCUT2D eigenvalue weighted by atomic mass is 10.1. The molecule has 55 heavy (non-hydrogen) atoms. The summed E-state index contributed by atoms with van der Waals surface area (Å²) in [5, 5.41) is 12.5. The van der Waals surface area contributed by atoms with E-state index in [2.05, 4.69) is 41.1 Å². The van der Waals surface area contributed by atoms with Gasteiger partial charge in [-0.1, -0.05) is 18.5 Å². The maximum Gasteiger partial charge on any atom is 0.490 e. The number of hydrogen-bond donors (Lipinski definition) is 4. The zero-order valence-corrected chi connectivity index (χ0v) is 31.5. The lowest BCUT2D eigenvalue weighted by Crippen LogP contribution is -2.50. The topological polar surface area (TPSA) is 219 Å². The van der Waals surface area contributed by atoms with Crippen molar-refractivity contribution in [3.05, 3.63) is 58.4 Å². The molecule has 21 heteroatoms. The van der Waals surface area contributed by atoms with Gasteiger partial charge in [0.05, 0.1) is 43.2 Å². The Morgan fingerprint density at radius 3 is 2.16 bits per heavy atom. The molecule has 5 rings (SSSR count). The Bertz CT molecular complexity index is 2090. The fourth-order valence-corrected chi connectivity index (χ4v) is 6.08. The van der Waals surface area contributed by atoms with E-state index in [1.807, 2.05) is 38.1 Å². The number of halogens is 4. The number of nitrogens with one attached hydrogen (secondary N) is 1. The summed E-state index contributed by atoms with van der Waals surface area (Å²) in [6.45, 7) is 6.88. The molecule has 0 radical (unpaired) electrons. The van der Waals surface area contributed by atoms with Crippen LogP contribution in [-0.4, -0.2) is 112 Å². The molecule has 4 aromatic rings. The van der Waals surface area contributed by atoms with E-state index < -0.39 is 18.1 Å². The minimum Gasteiger partial charge on any atom is -0.506 e. The fourth-order valence-electron chi connectivity index (χ4n) is 5.96. The molecule has 296 valence electrons. The van der Waals surface area contributed by atoms with Gasteiger partial charge in [-0.2, -0.15) is 13.2 Å². The molecule has 0 spiro atoms. The normalized spacial score (nSPS) is 12.9. The van der Waals surface area contributed by atoms with E-state index in [1.165, 1.54) is 18.5 Å². The number of carbonyl (C=O) groups is 4. The molecular weight excluding hydrogens is 751 g/mol. The van der Waals surface area contributed by atoms with E-state index in [1.54, 1.807) is 9.80 Å². The summed E-state index contributed by atoms with van der Waals surface area (Å²) in [6.07, 6.45) is -1.33. The van der Waals surface area contributed by atoms with Crippen LogP contribution >= 0.6 is 11.6 Å². The lowest BCUT2D eigenvalue weighted by Gasteiger charge is -2.35. The molecule has 1 aliphatic heterocycles. The smallest absolute Gasteiger partial charge is 0.490 e. The van der Waals surface area contributed by atoms with E-state index in [4.69, 9.17) is 23.1 Å². The first kappa shape index (κ1) is 41.8. The number of aromatic nitrogens is 5. The number of amides is 3. The van der Waals surface area contributed by atoms with Gasteiger partial charge in [0.2, 0.25) is 0 Å². The maximum atomic E-state index is 14.1. The number of imidazole rings is 1. The van der Waals surface area contributed by atoms with Crippen LogP contribution in [0.4, 0.5) is 30.5 Å². The molecule has 0 aliphatic carbocycles. The zero-order valence-electron chi connectivity index (χ0n) is 30.8. The maximum absolute atomic E-state index is 14.1. The Labute approximate surface area is 318 Å². The number of ether oxygens (including phenoxy) is 1. The van der Waals surface area contributed by atoms with Crippen LogP contribution in [0.2, 0.25) is 5.15 Å². The highest BCUT2D eigenvalue weighted by atomic mass is 35.5. The predicted octanol–water partition coefficient (Wildman–Crippen LogP) is 2.38. The Hall–Kier alpha value is -5.92. The van der Waals surface area contributed by atoms with Crippen LogP contribution in [0.25, 0.3) is 11.0 Å². The highest BCUT2D eigenvalue weighted by Gasteiger charge is 2.40. The third-order valence-corrected chi connectivity index (χ3v) is 8.82. The van der Waals surface area contributed by atoms with E-state index >= 15 is 0 Å². The van der Waals surface area contributed by atoms with Gasteiger partial charge in [-0.25, -0.2) is 23.9 Å². The van der Waals surface area contributed by atoms with Gasteiger partial charge in [-0.05, 0) is 19.4 Å². The number of nitrogen functional groups attached to an aromatic ring is 2. The number of methoxy groups -OCH3 is 1. The van der Waals surface area contributed by atoms with Gasteiger partial charge >= 0.3 is 12.1 Å². The molecule has 6 N–H and O–H groups in total. The summed E-state index contributed by atoms with van der Waals surface area (Å²) in [5.74, 6) is -2.53. The summed E-state index contributed by atoms with van der Waals surface area (Å²) in [7, 11) is 4.46. The van der Waals surface area contributed by atoms with Crippen molar-refractivity contribution in [2.24, 2.45) is 0 Å². The van der Waals surface area contributed by atoms with Crippen LogP contribution in [0, 0.1) is 0 Å². The predicted molar refractivity (Wildman–Crippen MR) is 195 cm³/mol. The summed E-state index contributed by atoms with van der Waals surface area (Å²) < 4.78 is 40.5. The van der Waals surface area contributed by atoms with Crippen molar-refractivity contribution in [3.8, 4) is 5.75 Å². The molecule has 0 bridgehead atoms. The summed E-state index contributed by atoms with van der Waals surface area (Å²) in [4.78, 5) is 66.8. The molecule has 17 nitrogen and oxygen atoms in total. The van der Waals surface area contributed by atoms with Crippen LogP contribution in [0.3, 0.4) is 0 Å². The summed E-state index contributed by atoms with van der Waals surface area (Å²) in [6, 6.07) is 5.30. The van der Waals surface area contributed by atoms with E-state index in [-0.39, 0.29) is 46.6 Å². The number of esters is 1. The number of nitrogens with zero attached hydrogens (tertiary/aromatic N) is 8. The molecule has 3 aromatic heterocycles. The van der Waals surface area contributed by atoms with Crippen LogP contribution in [0.15, 0.2) is 30.6 Å². The number of nitrogens with two attached hydrogens (primary N) is 2. The number of benzene rings is 1. The Morgan fingerprint density at radius 2 is 1.64 bits per heavy atom. The monoisotopic (exact) mass is 792 g/mol. The van der Waals surface area contributed by atoms with Crippen molar-refractivity contribution >= 4 is 63.6 Å². The zero-order chi connectivity index (χ0) is 40.8. The van der Waals surface area contributed by atoms with Crippen LogP contribution in [0.1, 0.15) is 57.3 Å². The standard InChI is InChI=1S/C31H38ClN11O4.C3H3F3O2/c1-5-7-43-23-14-21(39(3)4)20(31(47)41-10-8-40(9-11-41)30(46)18-12-19(44)16-35-15-18)13-22(23)42(6-2)24(43)17-36-29(45)25-27(33)38-28(34)26(32)37-25;1-8-2(7)3(4,5)6/h12-16H,5-11,17H2,1-4H3,(H5-,33,34,36,38,44,45);1H3/p+1. The van der Waals surface area contributed by atoms with Crippen molar-refractivity contribution < 1.29 is 46.8 Å². The Balaban J connectivity index is 0.000000757. The average Bonchev–Trinajstić information content (AvgIpc) is 3.44. The molecule has 0 saturated carbocycles. The van der Waals surface area contributed by atoms with Gasteiger partial charge in [0.1, 0.15) is 12.3 Å². The molecule has 0 unspecified atom stereocenters. The molecule has 3 amide bonds. The van der Waals surface area contributed by atoms with Crippen LogP contribution in [-0.2, 0) is 29.2 Å². The van der Waals surface area contributed by atoms with Gasteiger partial charge in [-0.15, -0.1) is 0 Å². The third-order valence-electron chi connectivity index (χ3n) is 8.54. The molecule has 0 atom stereocenters.